The minimum Gasteiger partial charge on any atom is -0.309 e. The van der Waals surface area contributed by atoms with Crippen LogP contribution in [0.3, 0.4) is 0 Å². The van der Waals surface area contributed by atoms with Crippen molar-refractivity contribution < 1.29 is 4.79 Å². The molecule has 1 atom stereocenters. The second-order valence-corrected chi connectivity index (χ2v) is 8.76. The Morgan fingerprint density at radius 3 is 2.83 bits per heavy atom. The molecule has 0 spiro atoms. The summed E-state index contributed by atoms with van der Waals surface area (Å²) >= 11 is 1.59. The molecule has 0 fully saturated rings. The summed E-state index contributed by atoms with van der Waals surface area (Å²) in [6, 6.07) is 14.8. The van der Waals surface area contributed by atoms with Gasteiger partial charge in [0.15, 0.2) is 4.96 Å². The molecule has 0 N–H and O–H groups in total. The van der Waals surface area contributed by atoms with Crippen LogP contribution in [0.2, 0.25) is 0 Å². The summed E-state index contributed by atoms with van der Waals surface area (Å²) in [5, 5.41) is 2.05. The summed E-state index contributed by atoms with van der Waals surface area (Å²) in [6.07, 6.45) is 3.35. The van der Waals surface area contributed by atoms with Crippen LogP contribution < -0.4 is 4.90 Å². The first kappa shape index (κ1) is 18.1. The van der Waals surface area contributed by atoms with Gasteiger partial charge in [-0.1, -0.05) is 30.3 Å². The smallest absolute Gasteiger partial charge is 0.233 e. The molecule has 5 rings (SSSR count). The Kier molecular flexibility index (Phi) is 4.28. The number of anilines is 1. The van der Waals surface area contributed by atoms with Gasteiger partial charge in [0.2, 0.25) is 5.91 Å². The number of hydrogen-bond acceptors (Lipinski definition) is 3. The zero-order chi connectivity index (χ0) is 20.1. The average Bonchev–Trinajstić information content (AvgIpc) is 3.36. The molecule has 5 heteroatoms. The number of benzene rings is 2. The molecular weight excluding hydrogens is 378 g/mol. The summed E-state index contributed by atoms with van der Waals surface area (Å²) in [4.78, 5) is 20.9. The number of hydrogen-bond donors (Lipinski definition) is 0. The van der Waals surface area contributed by atoms with Crippen molar-refractivity contribution in [2.75, 3.05) is 4.90 Å². The van der Waals surface area contributed by atoms with Gasteiger partial charge in [0, 0.05) is 34.6 Å². The van der Waals surface area contributed by atoms with Gasteiger partial charge < -0.3 is 4.90 Å². The van der Waals surface area contributed by atoms with E-state index < -0.39 is 0 Å². The Balaban J connectivity index is 1.45. The van der Waals surface area contributed by atoms with Gasteiger partial charge >= 0.3 is 0 Å². The maximum absolute atomic E-state index is 13.2. The molecule has 29 heavy (non-hydrogen) atoms. The van der Waals surface area contributed by atoms with Gasteiger partial charge in [-0.05, 0) is 56.0 Å². The SMILES string of the molecule is Cc1ccc(-c2cn3c(CC(=O)N4c5ccccc5CC4C)csc3n2)cc1C. The molecule has 0 saturated carbocycles. The lowest BCUT2D eigenvalue weighted by molar-refractivity contribution is -0.118. The molecule has 4 aromatic rings. The van der Waals surface area contributed by atoms with Crippen molar-refractivity contribution in [1.82, 2.24) is 9.38 Å². The lowest BCUT2D eigenvalue weighted by Gasteiger charge is -2.22. The molecule has 2 aromatic heterocycles. The van der Waals surface area contributed by atoms with Gasteiger partial charge in [0.1, 0.15) is 0 Å². The number of thiazole rings is 1. The van der Waals surface area contributed by atoms with Crippen LogP contribution in [0.1, 0.15) is 29.3 Å². The van der Waals surface area contributed by atoms with Crippen LogP contribution in [0.25, 0.3) is 16.2 Å². The highest BCUT2D eigenvalue weighted by Gasteiger charge is 2.30. The minimum atomic E-state index is 0.142. The van der Waals surface area contributed by atoms with Gasteiger partial charge in [0.25, 0.3) is 0 Å². The molecule has 0 saturated heterocycles. The highest BCUT2D eigenvalue weighted by Crippen LogP contribution is 2.33. The molecule has 4 nitrogen and oxygen atoms in total. The van der Waals surface area contributed by atoms with E-state index in [0.29, 0.717) is 6.42 Å². The lowest BCUT2D eigenvalue weighted by Crippen LogP contribution is -2.37. The lowest BCUT2D eigenvalue weighted by atomic mass is 10.0. The van der Waals surface area contributed by atoms with Crippen LogP contribution in [0.4, 0.5) is 5.69 Å². The zero-order valence-corrected chi connectivity index (χ0v) is 17.7. The summed E-state index contributed by atoms with van der Waals surface area (Å²) < 4.78 is 2.07. The van der Waals surface area contributed by atoms with Gasteiger partial charge in [-0.2, -0.15) is 0 Å². The van der Waals surface area contributed by atoms with Crippen LogP contribution in [-0.4, -0.2) is 21.3 Å². The predicted molar refractivity (Wildman–Crippen MR) is 119 cm³/mol. The quantitative estimate of drug-likeness (QED) is 0.473. The van der Waals surface area contributed by atoms with Gasteiger partial charge in [-0.15, -0.1) is 11.3 Å². The van der Waals surface area contributed by atoms with E-state index >= 15 is 0 Å². The second-order valence-electron chi connectivity index (χ2n) is 7.93. The van der Waals surface area contributed by atoms with E-state index in [9.17, 15) is 4.79 Å². The Morgan fingerprint density at radius 1 is 1.17 bits per heavy atom. The topological polar surface area (TPSA) is 37.6 Å². The standard InChI is InChI=1S/C24H23N3OS/c1-15-8-9-18(10-16(15)2)21-13-26-20(14-29-24(26)25-21)12-23(28)27-17(3)11-19-6-4-5-7-22(19)27/h4-10,13-14,17H,11-12H2,1-3H3. The highest BCUT2D eigenvalue weighted by molar-refractivity contribution is 7.15. The second kappa shape index (κ2) is 6.85. The Bertz CT molecular complexity index is 1240. The Morgan fingerprint density at radius 2 is 2.00 bits per heavy atom. The third-order valence-electron chi connectivity index (χ3n) is 5.89. The van der Waals surface area contributed by atoms with Crippen molar-refractivity contribution in [3.8, 4) is 11.3 Å². The van der Waals surface area contributed by atoms with Crippen molar-refractivity contribution in [2.24, 2.45) is 0 Å². The number of aryl methyl sites for hydroxylation is 2. The van der Waals surface area contributed by atoms with Gasteiger partial charge in [0.05, 0.1) is 12.1 Å². The summed E-state index contributed by atoms with van der Waals surface area (Å²) in [5.41, 5.74) is 7.91. The van der Waals surface area contributed by atoms with Crippen molar-refractivity contribution in [1.29, 1.82) is 0 Å². The minimum absolute atomic E-state index is 0.142. The molecule has 2 aromatic carbocycles. The molecule has 146 valence electrons. The van der Waals surface area contributed by atoms with Crippen molar-refractivity contribution in [3.63, 3.8) is 0 Å². The molecular formula is C24H23N3OS. The third-order valence-corrected chi connectivity index (χ3v) is 6.78. The number of nitrogens with zero attached hydrogens (tertiary/aromatic N) is 3. The molecule has 0 bridgehead atoms. The first-order valence-electron chi connectivity index (χ1n) is 9.94. The van der Waals surface area contributed by atoms with E-state index in [1.165, 1.54) is 16.7 Å². The third kappa shape index (κ3) is 3.06. The fourth-order valence-corrected chi connectivity index (χ4v) is 5.05. The number of carbonyl (C=O) groups is 1. The number of carbonyl (C=O) groups excluding carboxylic acids is 1. The van der Waals surface area contributed by atoms with E-state index in [2.05, 4.69) is 67.1 Å². The number of aromatic nitrogens is 2. The number of fused-ring (bicyclic) bond motifs is 2. The molecule has 1 unspecified atom stereocenters. The van der Waals surface area contributed by atoms with Crippen LogP contribution in [-0.2, 0) is 17.6 Å². The maximum Gasteiger partial charge on any atom is 0.233 e. The van der Waals surface area contributed by atoms with Gasteiger partial charge in [-0.25, -0.2) is 4.98 Å². The molecule has 0 radical (unpaired) electrons. The highest BCUT2D eigenvalue weighted by atomic mass is 32.1. The first-order chi connectivity index (χ1) is 14.0. The van der Waals surface area contributed by atoms with E-state index in [0.717, 1.165) is 34.0 Å². The van der Waals surface area contributed by atoms with E-state index in [4.69, 9.17) is 4.98 Å². The molecule has 0 aliphatic carbocycles. The fourth-order valence-electron chi connectivity index (χ4n) is 4.18. The van der Waals surface area contributed by atoms with Crippen molar-refractivity contribution in [2.45, 2.75) is 39.7 Å². The monoisotopic (exact) mass is 401 g/mol. The Hall–Kier alpha value is -2.92. The van der Waals surface area contributed by atoms with Crippen LogP contribution in [0, 0.1) is 13.8 Å². The van der Waals surface area contributed by atoms with Crippen molar-refractivity contribution >= 4 is 27.9 Å². The molecule has 3 heterocycles. The zero-order valence-electron chi connectivity index (χ0n) is 16.8. The van der Waals surface area contributed by atoms with E-state index in [-0.39, 0.29) is 11.9 Å². The van der Waals surface area contributed by atoms with Gasteiger partial charge in [-0.3, -0.25) is 9.20 Å². The van der Waals surface area contributed by atoms with Crippen LogP contribution >= 0.6 is 11.3 Å². The van der Waals surface area contributed by atoms with Crippen LogP contribution in [0.5, 0.6) is 0 Å². The number of para-hydroxylation sites is 1. The number of rotatable bonds is 3. The summed E-state index contributed by atoms with van der Waals surface area (Å²) in [7, 11) is 0. The maximum atomic E-state index is 13.2. The normalized spacial score (nSPS) is 15.8. The average molecular weight is 402 g/mol. The number of amides is 1. The molecule has 1 aliphatic heterocycles. The molecule has 1 aliphatic rings. The fraction of sp³-hybridized carbons (Fsp3) is 0.250. The largest absolute Gasteiger partial charge is 0.309 e. The number of imidazole rings is 1. The Labute approximate surface area is 174 Å². The predicted octanol–water partition coefficient (Wildman–Crippen LogP) is 5.20. The van der Waals surface area contributed by atoms with Crippen molar-refractivity contribution in [3.05, 3.63) is 76.4 Å². The first-order valence-corrected chi connectivity index (χ1v) is 10.8. The van der Waals surface area contributed by atoms with E-state index in [1.807, 2.05) is 17.0 Å². The molecule has 1 amide bonds. The van der Waals surface area contributed by atoms with Crippen LogP contribution in [0.15, 0.2) is 54.0 Å². The summed E-state index contributed by atoms with van der Waals surface area (Å²) in [5.74, 6) is 0.142. The van der Waals surface area contributed by atoms with E-state index in [1.54, 1.807) is 11.3 Å². The summed E-state index contributed by atoms with van der Waals surface area (Å²) in [6.45, 7) is 6.36.